The Labute approximate surface area is 110 Å². The van der Waals surface area contributed by atoms with Gasteiger partial charge in [0.2, 0.25) is 0 Å². The number of benzene rings is 1. The summed E-state index contributed by atoms with van der Waals surface area (Å²) in [5.74, 6) is 0. The van der Waals surface area contributed by atoms with E-state index in [0.29, 0.717) is 13.2 Å². The van der Waals surface area contributed by atoms with Gasteiger partial charge in [-0.1, -0.05) is 37.3 Å². The summed E-state index contributed by atoms with van der Waals surface area (Å²) in [6.45, 7) is 6.83. The van der Waals surface area contributed by atoms with Gasteiger partial charge in [-0.05, 0) is 25.8 Å². The first-order valence-electron chi connectivity index (χ1n) is 6.61. The zero-order chi connectivity index (χ0) is 13.4. The molecule has 1 aromatic carbocycles. The predicted molar refractivity (Wildman–Crippen MR) is 72.5 cm³/mol. The van der Waals surface area contributed by atoms with Gasteiger partial charge >= 0.3 is 0 Å². The fourth-order valence-corrected chi connectivity index (χ4v) is 1.77. The van der Waals surface area contributed by atoms with Gasteiger partial charge in [-0.25, -0.2) is 0 Å². The van der Waals surface area contributed by atoms with Crippen molar-refractivity contribution in [3.63, 3.8) is 0 Å². The van der Waals surface area contributed by atoms with Crippen LogP contribution in [0.1, 0.15) is 38.9 Å². The third-order valence-corrected chi connectivity index (χ3v) is 2.66. The van der Waals surface area contributed by atoms with Crippen LogP contribution in [0.3, 0.4) is 0 Å². The quantitative estimate of drug-likeness (QED) is 0.773. The van der Waals surface area contributed by atoms with E-state index in [1.54, 1.807) is 6.92 Å². The van der Waals surface area contributed by atoms with Gasteiger partial charge in [-0.2, -0.15) is 0 Å². The van der Waals surface area contributed by atoms with Crippen LogP contribution >= 0.6 is 0 Å². The molecule has 0 radical (unpaired) electrons. The average Bonchev–Trinajstić information content (AvgIpc) is 2.38. The van der Waals surface area contributed by atoms with E-state index in [0.717, 1.165) is 12.0 Å². The minimum atomic E-state index is -0.449. The number of aliphatic hydroxyl groups excluding tert-OH is 1. The summed E-state index contributed by atoms with van der Waals surface area (Å²) in [6.07, 6.45) is 0.375. The van der Waals surface area contributed by atoms with Crippen molar-refractivity contribution < 1.29 is 14.6 Å². The Morgan fingerprint density at radius 3 is 2.33 bits per heavy atom. The highest BCUT2D eigenvalue weighted by Gasteiger charge is 2.20. The molecule has 18 heavy (non-hydrogen) atoms. The van der Waals surface area contributed by atoms with E-state index in [2.05, 4.69) is 6.92 Å². The van der Waals surface area contributed by atoms with E-state index in [4.69, 9.17) is 9.47 Å². The normalized spacial score (nSPS) is 16.2. The third kappa shape index (κ3) is 5.17. The van der Waals surface area contributed by atoms with Crippen LogP contribution in [0.2, 0.25) is 0 Å². The van der Waals surface area contributed by atoms with Gasteiger partial charge in [0.25, 0.3) is 0 Å². The lowest BCUT2D eigenvalue weighted by Gasteiger charge is -2.25. The highest BCUT2D eigenvalue weighted by Crippen LogP contribution is 2.23. The summed E-state index contributed by atoms with van der Waals surface area (Å²) in [5, 5.41) is 9.26. The summed E-state index contributed by atoms with van der Waals surface area (Å²) in [6, 6.07) is 10.1. The van der Waals surface area contributed by atoms with Gasteiger partial charge in [0, 0.05) is 6.61 Å². The van der Waals surface area contributed by atoms with Crippen molar-refractivity contribution in [1.29, 1.82) is 0 Å². The van der Waals surface area contributed by atoms with Crippen molar-refractivity contribution in [2.24, 2.45) is 0 Å². The first-order chi connectivity index (χ1) is 8.65. The summed E-state index contributed by atoms with van der Waals surface area (Å²) in [7, 11) is 0. The van der Waals surface area contributed by atoms with E-state index in [9.17, 15) is 5.11 Å². The van der Waals surface area contributed by atoms with Crippen LogP contribution in [0.5, 0.6) is 0 Å². The van der Waals surface area contributed by atoms with Crippen molar-refractivity contribution in [3.05, 3.63) is 35.9 Å². The lowest BCUT2D eigenvalue weighted by Crippen LogP contribution is -2.25. The van der Waals surface area contributed by atoms with Gasteiger partial charge in [0.15, 0.2) is 0 Å². The Morgan fingerprint density at radius 2 is 1.78 bits per heavy atom. The second-order valence-electron chi connectivity index (χ2n) is 4.59. The Bertz CT molecular complexity index is 311. The van der Waals surface area contributed by atoms with Crippen LogP contribution in [-0.4, -0.2) is 30.5 Å². The molecule has 0 spiro atoms. The van der Waals surface area contributed by atoms with Crippen LogP contribution < -0.4 is 0 Å². The number of ether oxygens (including phenoxy) is 2. The van der Waals surface area contributed by atoms with E-state index < -0.39 is 6.10 Å². The fourth-order valence-electron chi connectivity index (χ4n) is 1.77. The highest BCUT2D eigenvalue weighted by atomic mass is 16.5. The predicted octanol–water partition coefficient (Wildman–Crippen LogP) is 2.94. The largest absolute Gasteiger partial charge is 0.391 e. The molecular weight excluding hydrogens is 228 g/mol. The molecule has 3 heteroatoms. The molecule has 3 nitrogen and oxygen atoms in total. The Morgan fingerprint density at radius 1 is 1.11 bits per heavy atom. The first-order valence-corrected chi connectivity index (χ1v) is 6.61. The molecule has 3 unspecified atom stereocenters. The Hall–Kier alpha value is -0.900. The average molecular weight is 252 g/mol. The number of rotatable bonds is 8. The highest BCUT2D eigenvalue weighted by molar-refractivity contribution is 5.18. The van der Waals surface area contributed by atoms with E-state index in [1.165, 1.54) is 0 Å². The molecule has 0 aromatic heterocycles. The van der Waals surface area contributed by atoms with E-state index in [-0.39, 0.29) is 12.2 Å². The maximum Gasteiger partial charge on any atom is 0.108 e. The molecule has 0 bridgehead atoms. The van der Waals surface area contributed by atoms with Gasteiger partial charge in [0.05, 0.1) is 18.8 Å². The van der Waals surface area contributed by atoms with Crippen LogP contribution in [0.15, 0.2) is 30.3 Å². The molecule has 0 saturated carbocycles. The monoisotopic (exact) mass is 252 g/mol. The van der Waals surface area contributed by atoms with Crippen LogP contribution in [0, 0.1) is 0 Å². The van der Waals surface area contributed by atoms with Crippen molar-refractivity contribution in [2.75, 3.05) is 13.2 Å². The topological polar surface area (TPSA) is 38.7 Å². The second kappa shape index (κ2) is 8.25. The third-order valence-electron chi connectivity index (χ3n) is 2.66. The first kappa shape index (κ1) is 15.2. The molecule has 0 aliphatic carbocycles. The van der Waals surface area contributed by atoms with Crippen molar-refractivity contribution in [3.8, 4) is 0 Å². The SMILES string of the molecule is CCCOC(c1ccccc1)C(C)OCC(C)O. The molecule has 0 aliphatic rings. The smallest absolute Gasteiger partial charge is 0.108 e. The molecule has 0 saturated heterocycles. The van der Waals surface area contributed by atoms with Crippen LogP contribution in [-0.2, 0) is 9.47 Å². The van der Waals surface area contributed by atoms with Gasteiger partial charge in [0.1, 0.15) is 6.10 Å². The van der Waals surface area contributed by atoms with Gasteiger partial charge in [-0.3, -0.25) is 0 Å². The maximum atomic E-state index is 9.26. The minimum Gasteiger partial charge on any atom is -0.391 e. The van der Waals surface area contributed by atoms with Crippen LogP contribution in [0.4, 0.5) is 0 Å². The second-order valence-corrected chi connectivity index (χ2v) is 4.59. The summed E-state index contributed by atoms with van der Waals surface area (Å²) >= 11 is 0. The molecule has 0 amide bonds. The summed E-state index contributed by atoms with van der Waals surface area (Å²) in [4.78, 5) is 0. The summed E-state index contributed by atoms with van der Waals surface area (Å²) < 4.78 is 11.5. The van der Waals surface area contributed by atoms with Crippen LogP contribution in [0.25, 0.3) is 0 Å². The van der Waals surface area contributed by atoms with E-state index >= 15 is 0 Å². The summed E-state index contributed by atoms with van der Waals surface area (Å²) in [5.41, 5.74) is 1.11. The number of hydrogen-bond acceptors (Lipinski definition) is 3. The lowest BCUT2D eigenvalue weighted by atomic mass is 10.1. The molecule has 0 fully saturated rings. The standard InChI is InChI=1S/C15H24O3/c1-4-10-17-15(13(3)18-11-12(2)16)14-8-6-5-7-9-14/h5-9,12-13,15-16H,4,10-11H2,1-3H3. The molecule has 102 valence electrons. The fraction of sp³-hybridized carbons (Fsp3) is 0.600. The minimum absolute atomic E-state index is 0.0754. The number of aliphatic hydroxyl groups is 1. The molecule has 0 heterocycles. The Kier molecular flexibility index (Phi) is 6.94. The van der Waals surface area contributed by atoms with Crippen molar-refractivity contribution >= 4 is 0 Å². The van der Waals surface area contributed by atoms with Crippen molar-refractivity contribution in [2.45, 2.75) is 45.5 Å². The van der Waals surface area contributed by atoms with E-state index in [1.807, 2.05) is 37.3 Å². The molecule has 0 aliphatic heterocycles. The lowest BCUT2D eigenvalue weighted by molar-refractivity contribution is -0.0840. The molecule has 1 N–H and O–H groups in total. The molecular formula is C15H24O3. The molecule has 1 aromatic rings. The maximum absolute atomic E-state index is 9.26. The van der Waals surface area contributed by atoms with Gasteiger partial charge < -0.3 is 14.6 Å². The molecule has 1 rings (SSSR count). The molecule has 3 atom stereocenters. The zero-order valence-electron chi connectivity index (χ0n) is 11.5. The zero-order valence-corrected chi connectivity index (χ0v) is 11.5. The van der Waals surface area contributed by atoms with Gasteiger partial charge in [-0.15, -0.1) is 0 Å². The van der Waals surface area contributed by atoms with Crippen molar-refractivity contribution in [1.82, 2.24) is 0 Å². The number of hydrogen-bond donors (Lipinski definition) is 1. The Balaban J connectivity index is 2.65.